The van der Waals surface area contributed by atoms with Gasteiger partial charge in [0.2, 0.25) is 0 Å². The molecule has 7 heteroatoms. The number of carboxylic acid groups (broad SMARTS) is 1. The number of aromatic carboxylic acids is 1. The molecule has 0 aliphatic carbocycles. The van der Waals surface area contributed by atoms with Gasteiger partial charge >= 0.3 is 11.6 Å². The van der Waals surface area contributed by atoms with Crippen molar-refractivity contribution in [2.75, 3.05) is 4.90 Å². The van der Waals surface area contributed by atoms with Crippen LogP contribution in [0.2, 0.25) is 10.0 Å². The Balaban J connectivity index is 0.00000149. The smallest absolute Gasteiger partial charge is 0.351 e. The van der Waals surface area contributed by atoms with Crippen molar-refractivity contribution < 1.29 is 14.3 Å². The van der Waals surface area contributed by atoms with Gasteiger partial charge in [-0.25, -0.2) is 9.59 Å². The van der Waals surface area contributed by atoms with Gasteiger partial charge in [0.05, 0.1) is 0 Å². The van der Waals surface area contributed by atoms with E-state index in [-0.39, 0.29) is 5.56 Å². The van der Waals surface area contributed by atoms with Gasteiger partial charge in [0, 0.05) is 40.3 Å². The summed E-state index contributed by atoms with van der Waals surface area (Å²) in [5.74, 6) is -1.31. The van der Waals surface area contributed by atoms with Gasteiger partial charge in [0.15, 0.2) is 0 Å². The molecule has 1 heterocycles. The summed E-state index contributed by atoms with van der Waals surface area (Å²) in [4.78, 5) is 25.3. The minimum atomic E-state index is -1.31. The van der Waals surface area contributed by atoms with Crippen LogP contribution in [0.1, 0.15) is 35.3 Å². The fourth-order valence-electron chi connectivity index (χ4n) is 3.30. The standard InChI is InChI=1S/C24H17Cl2NO4.C2H6/c25-18-6-1-15(2-7-18)13-27(14-16-3-8-19(26)9-4-16)20-10-5-17-11-21(23(28)29)24(30)31-22(17)12-20;1-2/h1-12H,13-14H2,(H,28,29);1-2H3. The van der Waals surface area contributed by atoms with Gasteiger partial charge in [-0.1, -0.05) is 61.3 Å². The summed E-state index contributed by atoms with van der Waals surface area (Å²) in [7, 11) is 0. The normalized spacial score (nSPS) is 10.4. The van der Waals surface area contributed by atoms with E-state index in [1.165, 1.54) is 6.07 Å². The van der Waals surface area contributed by atoms with Crippen LogP contribution >= 0.6 is 23.2 Å². The zero-order valence-corrected chi connectivity index (χ0v) is 19.7. The minimum Gasteiger partial charge on any atom is -0.477 e. The van der Waals surface area contributed by atoms with E-state index < -0.39 is 11.6 Å². The van der Waals surface area contributed by atoms with Gasteiger partial charge in [-0.2, -0.15) is 0 Å². The van der Waals surface area contributed by atoms with Crippen LogP contribution in [0.3, 0.4) is 0 Å². The Morgan fingerprint density at radius 3 is 1.85 bits per heavy atom. The van der Waals surface area contributed by atoms with E-state index in [2.05, 4.69) is 4.90 Å². The predicted molar refractivity (Wildman–Crippen MR) is 134 cm³/mol. The van der Waals surface area contributed by atoms with Crippen molar-refractivity contribution in [2.24, 2.45) is 0 Å². The molecule has 4 aromatic rings. The molecule has 5 nitrogen and oxygen atoms in total. The second-order valence-corrected chi connectivity index (χ2v) is 7.96. The molecule has 1 N–H and O–H groups in total. The molecule has 1 aromatic heterocycles. The number of carbonyl (C=O) groups is 1. The molecule has 0 saturated heterocycles. The van der Waals surface area contributed by atoms with Crippen molar-refractivity contribution >= 4 is 45.8 Å². The highest BCUT2D eigenvalue weighted by Gasteiger charge is 2.15. The van der Waals surface area contributed by atoms with E-state index in [9.17, 15) is 9.59 Å². The van der Waals surface area contributed by atoms with E-state index in [1.807, 2.05) is 68.4 Å². The molecule has 0 bridgehead atoms. The van der Waals surface area contributed by atoms with Crippen molar-refractivity contribution in [3.63, 3.8) is 0 Å². The molecule has 0 aliphatic rings. The lowest BCUT2D eigenvalue weighted by atomic mass is 10.1. The second-order valence-electron chi connectivity index (χ2n) is 7.08. The average Bonchev–Trinajstić information content (AvgIpc) is 2.81. The van der Waals surface area contributed by atoms with Gasteiger partial charge in [0.1, 0.15) is 11.1 Å². The molecule has 0 amide bonds. The van der Waals surface area contributed by atoms with Crippen LogP contribution in [0.4, 0.5) is 5.69 Å². The fourth-order valence-corrected chi connectivity index (χ4v) is 3.56. The third-order valence-corrected chi connectivity index (χ3v) is 5.39. The van der Waals surface area contributed by atoms with Crippen molar-refractivity contribution in [1.29, 1.82) is 0 Å². The molecular formula is C26H23Cl2NO4. The summed E-state index contributed by atoms with van der Waals surface area (Å²) in [6.45, 7) is 5.17. The number of nitrogens with zero attached hydrogens (tertiary/aromatic N) is 1. The first-order valence-corrected chi connectivity index (χ1v) is 11.2. The summed E-state index contributed by atoms with van der Waals surface area (Å²) in [5.41, 5.74) is 1.99. The highest BCUT2D eigenvalue weighted by Crippen LogP contribution is 2.26. The van der Waals surface area contributed by atoms with E-state index in [0.717, 1.165) is 16.8 Å². The van der Waals surface area contributed by atoms with Gasteiger partial charge < -0.3 is 14.4 Å². The van der Waals surface area contributed by atoms with Crippen LogP contribution in [0.15, 0.2) is 82.0 Å². The number of halogens is 2. The molecule has 3 aromatic carbocycles. The Hall–Kier alpha value is -3.28. The maximum atomic E-state index is 12.0. The number of benzene rings is 3. The summed E-state index contributed by atoms with van der Waals surface area (Å²) in [5, 5.41) is 11.0. The Kier molecular flexibility index (Phi) is 8.15. The Morgan fingerprint density at radius 2 is 1.36 bits per heavy atom. The molecule has 33 heavy (non-hydrogen) atoms. The van der Waals surface area contributed by atoms with Crippen LogP contribution in [-0.4, -0.2) is 11.1 Å². The number of carboxylic acids is 1. The lowest BCUT2D eigenvalue weighted by Gasteiger charge is -2.25. The Morgan fingerprint density at radius 1 is 0.848 bits per heavy atom. The molecular weight excluding hydrogens is 461 g/mol. The molecule has 170 valence electrons. The Labute approximate surface area is 201 Å². The number of hydrogen-bond donors (Lipinski definition) is 1. The SMILES string of the molecule is CC.O=C(O)c1cc2ccc(N(Cc3ccc(Cl)cc3)Cc3ccc(Cl)cc3)cc2oc1=O. The predicted octanol–water partition coefficient (Wildman–Crippen LogP) is 7.03. The van der Waals surface area contributed by atoms with E-state index >= 15 is 0 Å². The topological polar surface area (TPSA) is 70.8 Å². The lowest BCUT2D eigenvalue weighted by molar-refractivity contribution is 0.0692. The molecule has 0 aliphatic heterocycles. The van der Waals surface area contributed by atoms with Crippen LogP contribution in [0, 0.1) is 0 Å². The summed E-state index contributed by atoms with van der Waals surface area (Å²) in [6, 6.07) is 21.9. The Bertz CT molecular complexity index is 1250. The van der Waals surface area contributed by atoms with Crippen LogP contribution < -0.4 is 10.5 Å². The third kappa shape index (κ3) is 6.15. The highest BCUT2D eigenvalue weighted by molar-refractivity contribution is 6.30. The lowest BCUT2D eigenvalue weighted by Crippen LogP contribution is -2.22. The van der Waals surface area contributed by atoms with E-state index in [4.69, 9.17) is 32.7 Å². The highest BCUT2D eigenvalue weighted by atomic mass is 35.5. The molecule has 0 saturated carbocycles. The van der Waals surface area contributed by atoms with Crippen molar-refractivity contribution in [3.8, 4) is 0 Å². The van der Waals surface area contributed by atoms with Gasteiger partial charge in [0.25, 0.3) is 0 Å². The van der Waals surface area contributed by atoms with Crippen LogP contribution in [-0.2, 0) is 13.1 Å². The summed E-state index contributed by atoms with van der Waals surface area (Å²) >= 11 is 12.0. The molecule has 0 unspecified atom stereocenters. The molecule has 0 fully saturated rings. The first kappa shape index (κ1) is 24.4. The zero-order valence-electron chi connectivity index (χ0n) is 18.2. The number of rotatable bonds is 6. The average molecular weight is 484 g/mol. The van der Waals surface area contributed by atoms with Crippen molar-refractivity contribution in [3.05, 3.63) is 110 Å². The minimum absolute atomic E-state index is 0.324. The van der Waals surface area contributed by atoms with Gasteiger partial charge in [-0.05, 0) is 53.6 Å². The molecule has 4 rings (SSSR count). The van der Waals surface area contributed by atoms with Crippen molar-refractivity contribution in [2.45, 2.75) is 26.9 Å². The molecule has 0 radical (unpaired) electrons. The van der Waals surface area contributed by atoms with Gasteiger partial charge in [-0.3, -0.25) is 0 Å². The van der Waals surface area contributed by atoms with Crippen LogP contribution in [0.5, 0.6) is 0 Å². The third-order valence-electron chi connectivity index (χ3n) is 4.89. The first-order chi connectivity index (χ1) is 15.9. The fraction of sp³-hybridized carbons (Fsp3) is 0.154. The quantitative estimate of drug-likeness (QED) is 0.298. The maximum Gasteiger partial charge on any atom is 0.351 e. The largest absolute Gasteiger partial charge is 0.477 e. The summed E-state index contributed by atoms with van der Waals surface area (Å²) in [6.07, 6.45) is 0. The van der Waals surface area contributed by atoms with E-state index in [0.29, 0.717) is 34.1 Å². The number of hydrogen-bond acceptors (Lipinski definition) is 4. The zero-order chi connectivity index (χ0) is 24.0. The monoisotopic (exact) mass is 483 g/mol. The number of anilines is 1. The first-order valence-electron chi connectivity index (χ1n) is 10.4. The number of fused-ring (bicyclic) bond motifs is 1. The second kappa shape index (κ2) is 11.0. The molecule has 0 atom stereocenters. The van der Waals surface area contributed by atoms with E-state index in [1.54, 1.807) is 12.1 Å². The van der Waals surface area contributed by atoms with Gasteiger partial charge in [-0.15, -0.1) is 0 Å². The summed E-state index contributed by atoms with van der Waals surface area (Å²) < 4.78 is 5.28. The van der Waals surface area contributed by atoms with Crippen molar-refractivity contribution in [1.82, 2.24) is 0 Å². The molecule has 0 spiro atoms. The van der Waals surface area contributed by atoms with Crippen LogP contribution in [0.25, 0.3) is 11.0 Å². The maximum absolute atomic E-state index is 12.0.